The highest BCUT2D eigenvalue weighted by Crippen LogP contribution is 2.24. The molecule has 1 aliphatic heterocycles. The van der Waals surface area contributed by atoms with Crippen LogP contribution >= 0.6 is 0 Å². The summed E-state index contributed by atoms with van der Waals surface area (Å²) in [7, 11) is 0.0573. The zero-order valence-corrected chi connectivity index (χ0v) is 13.0. The molecule has 1 saturated heterocycles. The van der Waals surface area contributed by atoms with Gasteiger partial charge in [-0.3, -0.25) is 0 Å². The summed E-state index contributed by atoms with van der Waals surface area (Å²) in [6.07, 6.45) is 0.756. The molecule has 1 aliphatic rings. The molecule has 112 valence electrons. The van der Waals surface area contributed by atoms with Gasteiger partial charge in [0, 0.05) is 26.2 Å². The molecule has 2 rings (SSSR count). The van der Waals surface area contributed by atoms with Gasteiger partial charge in [-0.05, 0) is 38.1 Å². The predicted octanol–water partition coefficient (Wildman–Crippen LogP) is 1.38. The summed E-state index contributed by atoms with van der Waals surface area (Å²) in [5.74, 6) is 0. The Kier molecular flexibility index (Phi) is 4.80. The summed E-state index contributed by atoms with van der Waals surface area (Å²) in [4.78, 5) is 0.355. The lowest BCUT2D eigenvalue weighted by molar-refractivity contribution is 0.115. The van der Waals surface area contributed by atoms with E-state index in [1.165, 1.54) is 4.31 Å². The molecule has 0 aromatic heterocycles. The fourth-order valence-corrected chi connectivity index (χ4v) is 3.91. The van der Waals surface area contributed by atoms with Crippen LogP contribution in [-0.4, -0.2) is 46.1 Å². The first-order chi connectivity index (χ1) is 9.48. The molecule has 2 unspecified atom stereocenters. The van der Waals surface area contributed by atoms with Gasteiger partial charge in [-0.25, -0.2) is 8.42 Å². The van der Waals surface area contributed by atoms with Crippen LogP contribution in [0.3, 0.4) is 0 Å². The van der Waals surface area contributed by atoms with Crippen molar-refractivity contribution in [2.45, 2.75) is 30.4 Å². The number of ether oxygens (including phenoxy) is 1. The van der Waals surface area contributed by atoms with E-state index < -0.39 is 10.0 Å². The van der Waals surface area contributed by atoms with Crippen molar-refractivity contribution in [2.24, 2.45) is 0 Å². The van der Waals surface area contributed by atoms with Gasteiger partial charge in [-0.15, -0.1) is 0 Å². The summed E-state index contributed by atoms with van der Waals surface area (Å²) < 4.78 is 32.0. The van der Waals surface area contributed by atoms with Crippen LogP contribution in [0.5, 0.6) is 0 Å². The molecule has 1 N–H and O–H groups in total. The maximum absolute atomic E-state index is 12.6. The van der Waals surface area contributed by atoms with Crippen LogP contribution in [-0.2, 0) is 14.8 Å². The van der Waals surface area contributed by atoms with Crippen molar-refractivity contribution in [3.8, 4) is 0 Å². The molecule has 1 aromatic carbocycles. The van der Waals surface area contributed by atoms with Crippen LogP contribution in [0.15, 0.2) is 29.2 Å². The monoisotopic (exact) mass is 298 g/mol. The van der Waals surface area contributed by atoms with Gasteiger partial charge in [-0.2, -0.15) is 4.31 Å². The largest absolute Gasteiger partial charge is 0.380 e. The minimum Gasteiger partial charge on any atom is -0.380 e. The highest BCUT2D eigenvalue weighted by molar-refractivity contribution is 7.89. The summed E-state index contributed by atoms with van der Waals surface area (Å²) in [6, 6.07) is 7.25. The fourth-order valence-electron chi connectivity index (χ4n) is 2.37. The number of rotatable bonds is 5. The summed E-state index contributed by atoms with van der Waals surface area (Å²) in [6.45, 7) is 2.96. The third-order valence-electron chi connectivity index (χ3n) is 3.87. The Balaban J connectivity index is 2.26. The molecule has 0 aliphatic carbocycles. The molecule has 0 bridgehead atoms. The molecular formula is C14H22N2O3S. The molecule has 1 heterocycles. The summed E-state index contributed by atoms with van der Waals surface area (Å²) in [5.41, 5.74) is 0.969. The Hall–Kier alpha value is -0.950. The molecule has 2 atom stereocenters. The molecule has 0 saturated carbocycles. The zero-order chi connectivity index (χ0) is 14.8. The van der Waals surface area contributed by atoms with Crippen molar-refractivity contribution >= 4 is 10.0 Å². The minimum atomic E-state index is -3.42. The number of sulfonamides is 1. The highest BCUT2D eigenvalue weighted by Gasteiger charge is 2.32. The summed E-state index contributed by atoms with van der Waals surface area (Å²) in [5, 5.41) is 3.12. The molecule has 0 amide bonds. The van der Waals surface area contributed by atoms with Gasteiger partial charge in [0.15, 0.2) is 0 Å². The van der Waals surface area contributed by atoms with Gasteiger partial charge in [0.2, 0.25) is 10.0 Å². The SMILES string of the molecule is CNC(C)c1cccc(S(=O)(=O)N2CCC(OC)C2)c1. The molecule has 0 spiro atoms. The van der Waals surface area contributed by atoms with Gasteiger partial charge in [0.1, 0.15) is 0 Å². The molecule has 1 aromatic rings. The van der Waals surface area contributed by atoms with Crippen LogP contribution in [0.2, 0.25) is 0 Å². The van der Waals surface area contributed by atoms with Crippen LogP contribution in [0, 0.1) is 0 Å². The van der Waals surface area contributed by atoms with Crippen LogP contribution in [0.4, 0.5) is 0 Å². The van der Waals surface area contributed by atoms with Crippen LogP contribution < -0.4 is 5.32 Å². The lowest BCUT2D eigenvalue weighted by Gasteiger charge is -2.18. The third kappa shape index (κ3) is 3.03. The number of nitrogens with one attached hydrogen (secondary N) is 1. The smallest absolute Gasteiger partial charge is 0.243 e. The first-order valence-corrected chi connectivity index (χ1v) is 8.23. The number of hydrogen-bond donors (Lipinski definition) is 1. The number of benzene rings is 1. The molecular weight excluding hydrogens is 276 g/mol. The quantitative estimate of drug-likeness (QED) is 0.892. The van der Waals surface area contributed by atoms with Crippen molar-refractivity contribution in [3.63, 3.8) is 0 Å². The van der Waals surface area contributed by atoms with Crippen molar-refractivity contribution in [3.05, 3.63) is 29.8 Å². The zero-order valence-electron chi connectivity index (χ0n) is 12.2. The Morgan fingerprint density at radius 3 is 2.80 bits per heavy atom. The third-order valence-corrected chi connectivity index (χ3v) is 5.73. The Labute approximate surface area is 121 Å². The van der Waals surface area contributed by atoms with E-state index in [1.807, 2.05) is 20.0 Å². The lowest BCUT2D eigenvalue weighted by atomic mass is 10.1. The van der Waals surface area contributed by atoms with Gasteiger partial charge in [0.05, 0.1) is 11.0 Å². The van der Waals surface area contributed by atoms with Crippen molar-refractivity contribution in [1.82, 2.24) is 9.62 Å². The van der Waals surface area contributed by atoms with E-state index in [-0.39, 0.29) is 12.1 Å². The standard InChI is InChI=1S/C14H22N2O3S/c1-11(15-2)12-5-4-6-14(9-12)20(17,18)16-8-7-13(10-16)19-3/h4-6,9,11,13,15H,7-8,10H2,1-3H3. The van der Waals surface area contributed by atoms with Crippen molar-refractivity contribution in [1.29, 1.82) is 0 Å². The number of methoxy groups -OCH3 is 1. The van der Waals surface area contributed by atoms with Gasteiger partial charge >= 0.3 is 0 Å². The van der Waals surface area contributed by atoms with Gasteiger partial charge in [-0.1, -0.05) is 12.1 Å². The second-order valence-corrected chi connectivity index (χ2v) is 7.03. The van der Waals surface area contributed by atoms with E-state index in [4.69, 9.17) is 4.74 Å². The maximum atomic E-state index is 12.6. The first kappa shape index (κ1) is 15.4. The van der Waals surface area contributed by atoms with Crippen molar-refractivity contribution in [2.75, 3.05) is 27.2 Å². The highest BCUT2D eigenvalue weighted by atomic mass is 32.2. The van der Waals surface area contributed by atoms with E-state index >= 15 is 0 Å². The minimum absolute atomic E-state index is 0.00388. The van der Waals surface area contributed by atoms with Gasteiger partial charge in [0.25, 0.3) is 0 Å². The van der Waals surface area contributed by atoms with E-state index in [0.717, 1.165) is 12.0 Å². The van der Waals surface area contributed by atoms with E-state index in [2.05, 4.69) is 5.32 Å². The second-order valence-electron chi connectivity index (χ2n) is 5.09. The molecule has 20 heavy (non-hydrogen) atoms. The molecule has 5 nitrogen and oxygen atoms in total. The fraction of sp³-hybridized carbons (Fsp3) is 0.571. The second kappa shape index (κ2) is 6.22. The predicted molar refractivity (Wildman–Crippen MR) is 78.1 cm³/mol. The molecule has 1 fully saturated rings. The molecule has 6 heteroatoms. The Morgan fingerprint density at radius 2 is 2.20 bits per heavy atom. The van der Waals surface area contributed by atoms with Crippen LogP contribution in [0.25, 0.3) is 0 Å². The topological polar surface area (TPSA) is 58.6 Å². The number of nitrogens with zero attached hydrogens (tertiary/aromatic N) is 1. The summed E-state index contributed by atoms with van der Waals surface area (Å²) >= 11 is 0. The Morgan fingerprint density at radius 1 is 1.45 bits per heavy atom. The molecule has 0 radical (unpaired) electrons. The average molecular weight is 298 g/mol. The van der Waals surface area contributed by atoms with Crippen LogP contribution in [0.1, 0.15) is 24.9 Å². The van der Waals surface area contributed by atoms with E-state index in [9.17, 15) is 8.42 Å². The van der Waals surface area contributed by atoms with Gasteiger partial charge < -0.3 is 10.1 Å². The average Bonchev–Trinajstić information content (AvgIpc) is 2.96. The lowest BCUT2D eigenvalue weighted by Crippen LogP contribution is -2.30. The first-order valence-electron chi connectivity index (χ1n) is 6.79. The van der Waals surface area contributed by atoms with E-state index in [1.54, 1.807) is 25.3 Å². The van der Waals surface area contributed by atoms with E-state index in [0.29, 0.717) is 18.0 Å². The Bertz CT molecular complexity index is 559. The maximum Gasteiger partial charge on any atom is 0.243 e. The van der Waals surface area contributed by atoms with Crippen molar-refractivity contribution < 1.29 is 13.2 Å². The normalized spacial score (nSPS) is 22.1. The number of hydrogen-bond acceptors (Lipinski definition) is 4.